The zero-order valence-corrected chi connectivity index (χ0v) is 18.6. The van der Waals surface area contributed by atoms with E-state index in [1.165, 1.54) is 45.0 Å². The molecule has 2 nitrogen and oxygen atoms in total. The maximum absolute atomic E-state index is 11.0. The minimum atomic E-state index is 0.751. The predicted molar refractivity (Wildman–Crippen MR) is 129 cm³/mol. The fourth-order valence-electron chi connectivity index (χ4n) is 3.71. The van der Waals surface area contributed by atoms with E-state index in [-0.39, 0.29) is 0 Å². The van der Waals surface area contributed by atoms with Gasteiger partial charge in [0.25, 0.3) is 0 Å². The molecule has 0 amide bonds. The lowest BCUT2D eigenvalue weighted by molar-refractivity contribution is 0.112. The first kappa shape index (κ1) is 20.1. The van der Waals surface area contributed by atoms with Crippen molar-refractivity contribution in [1.29, 1.82) is 0 Å². The van der Waals surface area contributed by atoms with E-state index in [1.54, 1.807) is 0 Å². The van der Waals surface area contributed by atoms with Gasteiger partial charge in [0.2, 0.25) is 0 Å². The largest absolute Gasteiger partial charge is 0.310 e. The van der Waals surface area contributed by atoms with Gasteiger partial charge in [-0.25, -0.2) is 0 Å². The Morgan fingerprint density at radius 3 is 1.77 bits per heavy atom. The molecule has 0 unspecified atom stereocenters. The molecule has 1 aromatic heterocycles. The van der Waals surface area contributed by atoms with E-state index in [9.17, 15) is 4.79 Å². The number of anilines is 3. The molecule has 4 rings (SSSR count). The van der Waals surface area contributed by atoms with Crippen LogP contribution in [0.15, 0.2) is 72.8 Å². The van der Waals surface area contributed by atoms with Gasteiger partial charge in [0, 0.05) is 21.9 Å². The normalized spacial score (nSPS) is 10.8. The lowest BCUT2D eigenvalue weighted by Gasteiger charge is -2.29. The van der Waals surface area contributed by atoms with Gasteiger partial charge in [-0.2, -0.15) is 0 Å². The Hall–Kier alpha value is -3.17. The fourth-order valence-corrected chi connectivity index (χ4v) is 4.54. The van der Waals surface area contributed by atoms with E-state index >= 15 is 0 Å². The Morgan fingerprint density at radius 2 is 1.27 bits per heavy atom. The Morgan fingerprint density at radius 1 is 0.700 bits per heavy atom. The molecule has 0 spiro atoms. The summed E-state index contributed by atoms with van der Waals surface area (Å²) >= 11 is 1.52. The Labute approximate surface area is 182 Å². The van der Waals surface area contributed by atoms with Crippen LogP contribution in [0.4, 0.5) is 17.1 Å². The van der Waals surface area contributed by atoms with Crippen molar-refractivity contribution >= 4 is 34.7 Å². The number of benzene rings is 3. The molecule has 150 valence electrons. The summed E-state index contributed by atoms with van der Waals surface area (Å²) in [6, 6.07) is 25.4. The van der Waals surface area contributed by atoms with Gasteiger partial charge in [0.1, 0.15) is 0 Å². The zero-order chi connectivity index (χ0) is 21.3. The topological polar surface area (TPSA) is 20.3 Å². The zero-order valence-electron chi connectivity index (χ0n) is 17.8. The summed E-state index contributed by atoms with van der Waals surface area (Å²) in [7, 11) is 0. The number of hydrogen-bond donors (Lipinski definition) is 0. The second kappa shape index (κ2) is 8.29. The van der Waals surface area contributed by atoms with Crippen molar-refractivity contribution in [2.24, 2.45) is 0 Å². The molecule has 0 saturated carbocycles. The number of thiophene rings is 1. The first-order valence-corrected chi connectivity index (χ1v) is 10.9. The van der Waals surface area contributed by atoms with Gasteiger partial charge in [-0.3, -0.25) is 4.79 Å². The SMILES string of the molecule is Cc1cccc(N(c2ccc(-c3ccc(C=O)s3)cc2)c2cccc(C)c2C)c1C. The monoisotopic (exact) mass is 411 g/mol. The standard InChI is InChI=1S/C27H25NOS/c1-18-7-5-9-25(20(18)3)28(26-10-6-8-19(2)21(26)4)23-13-11-22(12-14-23)27-16-15-24(17-29)30-27/h5-17H,1-4H3. The highest BCUT2D eigenvalue weighted by Crippen LogP contribution is 2.40. The van der Waals surface area contributed by atoms with Crippen LogP contribution in [0.2, 0.25) is 0 Å². The number of carbonyl (C=O) groups excluding carboxylic acids is 1. The number of nitrogens with zero attached hydrogens (tertiary/aromatic N) is 1. The van der Waals surface area contributed by atoms with Crippen LogP contribution >= 0.6 is 11.3 Å². The van der Waals surface area contributed by atoms with Crippen molar-refractivity contribution in [3.05, 3.63) is 99.9 Å². The summed E-state index contributed by atoms with van der Waals surface area (Å²) < 4.78 is 0. The highest BCUT2D eigenvalue weighted by molar-refractivity contribution is 7.17. The second-order valence-electron chi connectivity index (χ2n) is 7.64. The lowest BCUT2D eigenvalue weighted by Crippen LogP contribution is -2.13. The summed E-state index contributed by atoms with van der Waals surface area (Å²) in [5, 5.41) is 0. The number of aryl methyl sites for hydroxylation is 2. The highest BCUT2D eigenvalue weighted by atomic mass is 32.1. The molecule has 1 heterocycles. The van der Waals surface area contributed by atoms with Crippen molar-refractivity contribution in [1.82, 2.24) is 0 Å². The van der Waals surface area contributed by atoms with E-state index in [0.29, 0.717) is 0 Å². The van der Waals surface area contributed by atoms with Gasteiger partial charge in [-0.15, -0.1) is 11.3 Å². The highest BCUT2D eigenvalue weighted by Gasteiger charge is 2.18. The van der Waals surface area contributed by atoms with E-state index in [4.69, 9.17) is 0 Å². The summed E-state index contributed by atoms with van der Waals surface area (Å²) in [6.45, 7) is 8.68. The van der Waals surface area contributed by atoms with Crippen LogP contribution in [0.5, 0.6) is 0 Å². The van der Waals surface area contributed by atoms with Crippen LogP contribution < -0.4 is 4.90 Å². The van der Waals surface area contributed by atoms with Crippen molar-refractivity contribution in [3.8, 4) is 10.4 Å². The van der Waals surface area contributed by atoms with Crippen LogP contribution in [-0.4, -0.2) is 6.29 Å². The molecule has 0 radical (unpaired) electrons. The molecule has 0 saturated heterocycles. The predicted octanol–water partition coefficient (Wildman–Crippen LogP) is 7.93. The molecule has 0 bridgehead atoms. The van der Waals surface area contributed by atoms with Crippen molar-refractivity contribution in [2.75, 3.05) is 4.90 Å². The van der Waals surface area contributed by atoms with Gasteiger partial charge in [0.15, 0.2) is 6.29 Å². The van der Waals surface area contributed by atoms with E-state index in [2.05, 4.69) is 93.3 Å². The van der Waals surface area contributed by atoms with Crippen LogP contribution in [0, 0.1) is 27.7 Å². The maximum Gasteiger partial charge on any atom is 0.160 e. The van der Waals surface area contributed by atoms with Gasteiger partial charge < -0.3 is 4.90 Å². The second-order valence-corrected chi connectivity index (χ2v) is 8.76. The molecule has 0 N–H and O–H groups in total. The summed E-state index contributed by atoms with van der Waals surface area (Å²) in [5.41, 5.74) is 9.73. The summed E-state index contributed by atoms with van der Waals surface area (Å²) in [4.78, 5) is 15.2. The Kier molecular flexibility index (Phi) is 5.56. The minimum absolute atomic E-state index is 0.751. The molecule has 0 aliphatic rings. The maximum atomic E-state index is 11.0. The van der Waals surface area contributed by atoms with Gasteiger partial charge in [-0.1, -0.05) is 36.4 Å². The quantitative estimate of drug-likeness (QED) is 0.311. The minimum Gasteiger partial charge on any atom is -0.310 e. The van der Waals surface area contributed by atoms with E-state index in [1.807, 2.05) is 12.1 Å². The van der Waals surface area contributed by atoms with Crippen molar-refractivity contribution < 1.29 is 4.79 Å². The number of carbonyl (C=O) groups is 1. The molecule has 3 heteroatoms. The first-order chi connectivity index (χ1) is 14.5. The first-order valence-electron chi connectivity index (χ1n) is 10.1. The number of aldehydes is 1. The molecule has 3 aromatic carbocycles. The van der Waals surface area contributed by atoms with Crippen LogP contribution in [-0.2, 0) is 0 Å². The molecule has 30 heavy (non-hydrogen) atoms. The lowest BCUT2D eigenvalue weighted by atomic mass is 10.0. The van der Waals surface area contributed by atoms with Gasteiger partial charge in [0.05, 0.1) is 4.88 Å². The molecular formula is C27H25NOS. The van der Waals surface area contributed by atoms with Crippen LogP contribution in [0.1, 0.15) is 31.9 Å². The Balaban J connectivity index is 1.85. The van der Waals surface area contributed by atoms with Crippen molar-refractivity contribution in [2.45, 2.75) is 27.7 Å². The third kappa shape index (κ3) is 3.69. The van der Waals surface area contributed by atoms with Crippen LogP contribution in [0.25, 0.3) is 10.4 Å². The molecule has 0 aliphatic heterocycles. The third-order valence-corrected chi connectivity index (χ3v) is 6.85. The Bertz CT molecular complexity index is 1150. The summed E-state index contributed by atoms with van der Waals surface area (Å²) in [5.74, 6) is 0. The van der Waals surface area contributed by atoms with Crippen LogP contribution in [0.3, 0.4) is 0 Å². The molecule has 0 fully saturated rings. The molecule has 4 aromatic rings. The van der Waals surface area contributed by atoms with E-state index in [0.717, 1.165) is 27.3 Å². The number of hydrogen-bond acceptors (Lipinski definition) is 3. The molecule has 0 aliphatic carbocycles. The summed E-state index contributed by atoms with van der Waals surface area (Å²) in [6.07, 6.45) is 0.908. The smallest absolute Gasteiger partial charge is 0.160 e. The average Bonchev–Trinajstić information content (AvgIpc) is 3.24. The fraction of sp³-hybridized carbons (Fsp3) is 0.148. The molecular weight excluding hydrogens is 386 g/mol. The van der Waals surface area contributed by atoms with Crippen molar-refractivity contribution in [3.63, 3.8) is 0 Å². The number of rotatable bonds is 5. The molecule has 0 atom stereocenters. The van der Waals surface area contributed by atoms with E-state index < -0.39 is 0 Å². The van der Waals surface area contributed by atoms with Gasteiger partial charge >= 0.3 is 0 Å². The third-order valence-electron chi connectivity index (χ3n) is 5.79. The average molecular weight is 412 g/mol. The van der Waals surface area contributed by atoms with Gasteiger partial charge in [-0.05, 0) is 91.9 Å².